The van der Waals surface area contributed by atoms with E-state index in [0.717, 1.165) is 6.07 Å². The van der Waals surface area contributed by atoms with Gasteiger partial charge in [0, 0.05) is 19.7 Å². The van der Waals surface area contributed by atoms with Crippen molar-refractivity contribution >= 4 is 11.8 Å². The van der Waals surface area contributed by atoms with E-state index in [9.17, 15) is 14.0 Å². The standard InChI is InChI=1S/C13H15FN2O4/c1-15-12(18)11-7-20-5-4-16(11)13(19)9-3-2-8(17)6-10(9)14/h2-3,6,11,17H,4-5,7H2,1H3,(H,15,18). The topological polar surface area (TPSA) is 78.9 Å². The van der Waals surface area contributed by atoms with Gasteiger partial charge >= 0.3 is 0 Å². The lowest BCUT2D eigenvalue weighted by Gasteiger charge is -2.34. The molecular weight excluding hydrogens is 267 g/mol. The molecule has 2 N–H and O–H groups in total. The average Bonchev–Trinajstić information content (AvgIpc) is 2.46. The van der Waals surface area contributed by atoms with Gasteiger partial charge in [-0.25, -0.2) is 4.39 Å². The zero-order valence-electron chi connectivity index (χ0n) is 10.9. The van der Waals surface area contributed by atoms with Crippen LogP contribution in [0.4, 0.5) is 4.39 Å². The number of carbonyl (C=O) groups excluding carboxylic acids is 2. The number of halogens is 1. The minimum Gasteiger partial charge on any atom is -0.508 e. The van der Waals surface area contributed by atoms with Gasteiger partial charge in [0.25, 0.3) is 5.91 Å². The van der Waals surface area contributed by atoms with Crippen molar-refractivity contribution < 1.29 is 23.8 Å². The number of carbonyl (C=O) groups is 2. The van der Waals surface area contributed by atoms with Crippen LogP contribution in [-0.4, -0.2) is 54.7 Å². The van der Waals surface area contributed by atoms with Gasteiger partial charge in [0.05, 0.1) is 18.8 Å². The van der Waals surface area contributed by atoms with E-state index in [1.54, 1.807) is 0 Å². The van der Waals surface area contributed by atoms with Crippen molar-refractivity contribution in [1.82, 2.24) is 10.2 Å². The predicted molar refractivity (Wildman–Crippen MR) is 67.8 cm³/mol. The summed E-state index contributed by atoms with van der Waals surface area (Å²) in [5.74, 6) is -2.04. The first kappa shape index (κ1) is 14.3. The third kappa shape index (κ3) is 2.72. The van der Waals surface area contributed by atoms with E-state index in [1.165, 1.54) is 24.1 Å². The molecule has 2 amide bonds. The minimum absolute atomic E-state index is 0.0745. The van der Waals surface area contributed by atoms with Crippen molar-refractivity contribution in [1.29, 1.82) is 0 Å². The zero-order chi connectivity index (χ0) is 14.7. The van der Waals surface area contributed by atoms with Gasteiger partial charge in [-0.3, -0.25) is 9.59 Å². The summed E-state index contributed by atoms with van der Waals surface area (Å²) in [6.07, 6.45) is 0. The quantitative estimate of drug-likeness (QED) is 0.807. The summed E-state index contributed by atoms with van der Waals surface area (Å²) < 4.78 is 18.9. The van der Waals surface area contributed by atoms with Gasteiger partial charge in [-0.15, -0.1) is 0 Å². The van der Waals surface area contributed by atoms with Gasteiger partial charge in [-0.05, 0) is 12.1 Å². The van der Waals surface area contributed by atoms with Crippen molar-refractivity contribution in [2.24, 2.45) is 0 Å². The van der Waals surface area contributed by atoms with Crippen molar-refractivity contribution in [3.63, 3.8) is 0 Å². The van der Waals surface area contributed by atoms with Crippen LogP contribution in [0.5, 0.6) is 5.75 Å². The molecule has 0 radical (unpaired) electrons. The molecule has 2 rings (SSSR count). The maximum Gasteiger partial charge on any atom is 0.257 e. The molecule has 1 saturated heterocycles. The fourth-order valence-corrected chi connectivity index (χ4v) is 2.06. The van der Waals surface area contributed by atoms with Crippen LogP contribution < -0.4 is 5.32 Å². The number of nitrogens with zero attached hydrogens (tertiary/aromatic N) is 1. The third-order valence-corrected chi connectivity index (χ3v) is 3.12. The van der Waals surface area contributed by atoms with E-state index < -0.39 is 17.8 Å². The molecule has 1 aliphatic heterocycles. The van der Waals surface area contributed by atoms with Crippen molar-refractivity contribution in [3.05, 3.63) is 29.6 Å². The molecule has 1 aromatic rings. The highest BCUT2D eigenvalue weighted by atomic mass is 19.1. The fourth-order valence-electron chi connectivity index (χ4n) is 2.06. The number of phenols is 1. The number of phenolic OH excluding ortho intramolecular Hbond substituents is 1. The van der Waals surface area contributed by atoms with E-state index >= 15 is 0 Å². The van der Waals surface area contributed by atoms with Gasteiger partial charge in [-0.2, -0.15) is 0 Å². The van der Waals surface area contributed by atoms with Gasteiger partial charge in [0.2, 0.25) is 5.91 Å². The Balaban J connectivity index is 2.27. The molecule has 1 fully saturated rings. The molecule has 6 nitrogen and oxygen atoms in total. The first-order valence-corrected chi connectivity index (χ1v) is 6.13. The fraction of sp³-hybridized carbons (Fsp3) is 0.385. The van der Waals surface area contributed by atoms with Crippen LogP contribution in [0.25, 0.3) is 0 Å². The minimum atomic E-state index is -0.822. The molecule has 0 bridgehead atoms. The summed E-state index contributed by atoms with van der Waals surface area (Å²) in [5, 5.41) is 11.6. The Hall–Kier alpha value is -2.15. The van der Waals surface area contributed by atoms with Crippen molar-refractivity contribution in [2.45, 2.75) is 6.04 Å². The van der Waals surface area contributed by atoms with E-state index in [1.807, 2.05) is 0 Å². The summed E-state index contributed by atoms with van der Waals surface area (Å²) in [4.78, 5) is 25.3. The van der Waals surface area contributed by atoms with Crippen molar-refractivity contribution in [2.75, 3.05) is 26.8 Å². The van der Waals surface area contributed by atoms with Crippen LogP contribution >= 0.6 is 0 Å². The lowest BCUT2D eigenvalue weighted by molar-refractivity contribution is -0.130. The summed E-state index contributed by atoms with van der Waals surface area (Å²) in [5.41, 5.74) is -0.182. The Morgan fingerprint density at radius 3 is 2.90 bits per heavy atom. The average molecular weight is 282 g/mol. The van der Waals surface area contributed by atoms with Crippen LogP contribution in [0.3, 0.4) is 0 Å². The van der Waals surface area contributed by atoms with Gasteiger partial charge in [-0.1, -0.05) is 0 Å². The van der Waals surface area contributed by atoms with Gasteiger partial charge in [0.15, 0.2) is 0 Å². The van der Waals surface area contributed by atoms with E-state index in [2.05, 4.69) is 5.32 Å². The molecule has 1 heterocycles. The number of rotatable bonds is 2. The number of hydrogen-bond donors (Lipinski definition) is 2. The zero-order valence-corrected chi connectivity index (χ0v) is 10.9. The Kier molecular flexibility index (Phi) is 4.19. The smallest absolute Gasteiger partial charge is 0.257 e. The molecule has 1 unspecified atom stereocenters. The number of amides is 2. The molecule has 1 aromatic carbocycles. The molecule has 20 heavy (non-hydrogen) atoms. The number of aromatic hydroxyl groups is 1. The number of hydrogen-bond acceptors (Lipinski definition) is 4. The number of morpholine rings is 1. The third-order valence-electron chi connectivity index (χ3n) is 3.12. The first-order chi connectivity index (χ1) is 9.54. The highest BCUT2D eigenvalue weighted by molar-refractivity contribution is 5.98. The van der Waals surface area contributed by atoms with E-state index in [-0.39, 0.29) is 30.4 Å². The maximum atomic E-state index is 13.7. The van der Waals surface area contributed by atoms with Crippen LogP contribution in [-0.2, 0) is 9.53 Å². The molecule has 108 valence electrons. The second kappa shape index (κ2) is 5.87. The Labute approximate surface area is 115 Å². The van der Waals surface area contributed by atoms with Crippen LogP contribution in [0.2, 0.25) is 0 Å². The summed E-state index contributed by atoms with van der Waals surface area (Å²) >= 11 is 0. The molecule has 1 atom stereocenters. The Bertz CT molecular complexity index is 535. The number of nitrogens with one attached hydrogen (secondary N) is 1. The summed E-state index contributed by atoms with van der Waals surface area (Å²) in [7, 11) is 1.46. The van der Waals surface area contributed by atoms with Gasteiger partial charge in [0.1, 0.15) is 17.6 Å². The summed E-state index contributed by atoms with van der Waals surface area (Å²) in [6.45, 7) is 0.571. The lowest BCUT2D eigenvalue weighted by Crippen LogP contribution is -2.55. The normalized spacial score (nSPS) is 18.7. The number of ether oxygens (including phenoxy) is 1. The highest BCUT2D eigenvalue weighted by Crippen LogP contribution is 2.19. The second-order valence-corrected chi connectivity index (χ2v) is 4.37. The SMILES string of the molecule is CNC(=O)C1COCCN1C(=O)c1ccc(O)cc1F. The monoisotopic (exact) mass is 282 g/mol. The first-order valence-electron chi connectivity index (χ1n) is 6.13. The van der Waals surface area contributed by atoms with E-state index in [0.29, 0.717) is 6.61 Å². The predicted octanol–water partition coefficient (Wildman–Crippen LogP) is 0.118. The molecule has 0 aromatic heterocycles. The molecule has 0 spiro atoms. The molecule has 0 saturated carbocycles. The largest absolute Gasteiger partial charge is 0.508 e. The lowest BCUT2D eigenvalue weighted by atomic mass is 10.1. The van der Waals surface area contributed by atoms with Crippen LogP contribution in [0, 0.1) is 5.82 Å². The van der Waals surface area contributed by atoms with Crippen LogP contribution in [0.15, 0.2) is 18.2 Å². The van der Waals surface area contributed by atoms with E-state index in [4.69, 9.17) is 9.84 Å². The molecule has 1 aliphatic rings. The summed E-state index contributed by atoms with van der Waals surface area (Å²) in [6, 6.07) is 2.51. The van der Waals surface area contributed by atoms with Crippen molar-refractivity contribution in [3.8, 4) is 5.75 Å². The molecule has 7 heteroatoms. The maximum absolute atomic E-state index is 13.7. The van der Waals surface area contributed by atoms with Crippen LogP contribution in [0.1, 0.15) is 10.4 Å². The number of likely N-dealkylation sites (N-methyl/N-ethyl adjacent to an activating group) is 1. The molecular formula is C13H15FN2O4. The molecule has 0 aliphatic carbocycles. The highest BCUT2D eigenvalue weighted by Gasteiger charge is 2.33. The second-order valence-electron chi connectivity index (χ2n) is 4.37. The Morgan fingerprint density at radius 2 is 2.25 bits per heavy atom. The Morgan fingerprint density at radius 1 is 1.50 bits per heavy atom. The van der Waals surface area contributed by atoms with Gasteiger partial charge < -0.3 is 20.1 Å². The number of benzene rings is 1.